The van der Waals surface area contributed by atoms with E-state index in [-0.39, 0.29) is 25.5 Å². The Labute approximate surface area is 325 Å². The van der Waals surface area contributed by atoms with Gasteiger partial charge in [0.1, 0.15) is 41.3 Å². The molecule has 5 atom stereocenters. The fourth-order valence-corrected chi connectivity index (χ4v) is 9.04. The van der Waals surface area contributed by atoms with Gasteiger partial charge in [0, 0.05) is 47.6 Å². The van der Waals surface area contributed by atoms with Crippen LogP contribution in [0.25, 0.3) is 22.3 Å². The summed E-state index contributed by atoms with van der Waals surface area (Å²) in [6.07, 6.45) is 5.27. The number of nitrogens with zero attached hydrogens (tertiary/aromatic N) is 3. The minimum Gasteiger partial charge on any atom is -0.493 e. The minimum atomic E-state index is -1.50. The van der Waals surface area contributed by atoms with Crippen molar-refractivity contribution in [2.24, 2.45) is 17.3 Å². The summed E-state index contributed by atoms with van der Waals surface area (Å²) < 4.78 is 18.3. The predicted molar refractivity (Wildman–Crippen MR) is 207 cm³/mol. The summed E-state index contributed by atoms with van der Waals surface area (Å²) in [4.78, 5) is 65.7. The lowest BCUT2D eigenvalue weighted by Gasteiger charge is -2.35. The number of fused-ring (bicyclic) bond motifs is 3. The van der Waals surface area contributed by atoms with Crippen molar-refractivity contribution in [3.05, 3.63) is 46.8 Å². The van der Waals surface area contributed by atoms with Gasteiger partial charge in [-0.05, 0) is 55.6 Å². The highest BCUT2D eigenvalue weighted by molar-refractivity contribution is 7.09. The van der Waals surface area contributed by atoms with Gasteiger partial charge in [-0.2, -0.15) is 0 Å². The monoisotopic (exact) mass is 773 g/mol. The number of benzene rings is 1. The highest BCUT2D eigenvalue weighted by Gasteiger charge is 2.61. The Balaban J connectivity index is 1.22. The lowest BCUT2D eigenvalue weighted by Crippen LogP contribution is -2.59. The molecular formula is C41H51N5O8S. The highest BCUT2D eigenvalue weighted by atomic mass is 32.1. The largest absolute Gasteiger partial charge is 0.493 e. The fourth-order valence-electron chi connectivity index (χ4n) is 8.04. The Hall–Kier alpha value is -4.72. The smallest absolute Gasteiger partial charge is 0.408 e. The number of hydrogen-bond acceptors (Lipinski definition) is 10. The number of nitrogens with one attached hydrogen (secondary N) is 2. The van der Waals surface area contributed by atoms with Gasteiger partial charge in [0.2, 0.25) is 11.8 Å². The number of likely N-dealkylation sites (tertiary alicyclic amines) is 1. The zero-order chi connectivity index (χ0) is 39.2. The first kappa shape index (κ1) is 38.6. The van der Waals surface area contributed by atoms with Gasteiger partial charge >= 0.3 is 12.1 Å². The Morgan fingerprint density at radius 1 is 1.15 bits per heavy atom. The van der Waals surface area contributed by atoms with Crippen LogP contribution >= 0.6 is 11.3 Å². The number of aromatic nitrogens is 2. The first-order valence-electron chi connectivity index (χ1n) is 19.3. The predicted octanol–water partition coefficient (Wildman–Crippen LogP) is 6.07. The normalized spacial score (nSPS) is 24.0. The average Bonchev–Trinajstić information content (AvgIpc) is 3.74. The van der Waals surface area contributed by atoms with Crippen molar-refractivity contribution in [3.63, 3.8) is 0 Å². The molecule has 2 aliphatic carbocycles. The van der Waals surface area contributed by atoms with Crippen molar-refractivity contribution >= 4 is 46.1 Å². The van der Waals surface area contributed by atoms with E-state index in [4.69, 9.17) is 24.2 Å². The molecule has 3 aromatic rings. The number of amides is 3. The van der Waals surface area contributed by atoms with E-state index >= 15 is 0 Å². The van der Waals surface area contributed by atoms with Crippen molar-refractivity contribution in [2.75, 3.05) is 13.2 Å². The molecule has 0 spiro atoms. The third-order valence-corrected chi connectivity index (χ3v) is 12.0. The molecule has 55 heavy (non-hydrogen) atoms. The number of carbonyl (C=O) groups is 4. The summed E-state index contributed by atoms with van der Waals surface area (Å²) >= 11 is 1.59. The molecular weight excluding hydrogens is 723 g/mol. The number of carboxylic acids is 1. The summed E-state index contributed by atoms with van der Waals surface area (Å²) in [5.41, 5.74) is 0.823. The van der Waals surface area contributed by atoms with E-state index in [1.807, 2.05) is 44.4 Å². The standard InChI is InChI=1S/C41H51N5O8S/c1-7-23-19-41(23,38(49)50)45-36(47)30-17-25(20-46(30)37(48)35(40(4,5)6)44-39(51)54-24-10-8-9-11-24)53-32-18-28(29-21-55-33(42-29)16-22(2)3)43-34-26(32)12-13-31-27(34)14-15-52-31/h7,12-13,18,21-25,30,35H,1,8-11,14-17,19-20H2,2-6H3,(H,44,51)(H,45,47)(H,49,50)/t23?,25-,30+,35-,41-/m1/s1. The Morgan fingerprint density at radius 2 is 1.91 bits per heavy atom. The molecule has 0 radical (unpaired) electrons. The van der Waals surface area contributed by atoms with Crippen LogP contribution in [0.2, 0.25) is 0 Å². The van der Waals surface area contributed by atoms with Crippen LogP contribution in [0.3, 0.4) is 0 Å². The zero-order valence-electron chi connectivity index (χ0n) is 32.2. The summed E-state index contributed by atoms with van der Waals surface area (Å²) in [6, 6.07) is 3.54. The first-order valence-corrected chi connectivity index (χ1v) is 20.2. The minimum absolute atomic E-state index is 0.0102. The van der Waals surface area contributed by atoms with Crippen molar-refractivity contribution in [3.8, 4) is 22.9 Å². The lowest BCUT2D eigenvalue weighted by molar-refractivity contribution is -0.146. The SMILES string of the molecule is C=CC1C[C@]1(NC(=O)[C@@H]1C[C@@H](Oc2cc(-c3csc(CC(C)C)n3)nc3c4c(ccc23)OCC4)CN1C(=O)[C@@H](NC(=O)OC1CCCC1)C(C)(C)C)C(=O)O. The molecule has 2 aliphatic heterocycles. The number of thiazole rings is 1. The summed E-state index contributed by atoms with van der Waals surface area (Å²) in [5, 5.41) is 19.4. The van der Waals surface area contributed by atoms with Gasteiger partial charge in [-0.3, -0.25) is 9.59 Å². The van der Waals surface area contributed by atoms with Crippen molar-refractivity contribution in [1.82, 2.24) is 25.5 Å². The van der Waals surface area contributed by atoms with Gasteiger partial charge in [-0.1, -0.05) is 40.7 Å². The third-order valence-electron chi connectivity index (χ3n) is 11.1. The molecule has 4 heterocycles. The maximum atomic E-state index is 14.6. The molecule has 0 bridgehead atoms. The first-order chi connectivity index (χ1) is 26.2. The summed E-state index contributed by atoms with van der Waals surface area (Å²) in [7, 11) is 0. The second-order valence-electron chi connectivity index (χ2n) is 16.8. The number of ether oxygens (including phenoxy) is 3. The van der Waals surface area contributed by atoms with Crippen LogP contribution in [0.5, 0.6) is 11.5 Å². The van der Waals surface area contributed by atoms with Crippen LogP contribution in [0, 0.1) is 17.3 Å². The molecule has 7 rings (SSSR count). The number of rotatable bonds is 12. The number of carbonyl (C=O) groups excluding carboxylic acids is 3. The zero-order valence-corrected chi connectivity index (χ0v) is 33.0. The van der Waals surface area contributed by atoms with Crippen LogP contribution in [-0.2, 0) is 32.0 Å². The second kappa shape index (κ2) is 15.1. The molecule has 1 aromatic carbocycles. The molecule has 1 unspecified atom stereocenters. The van der Waals surface area contributed by atoms with Crippen LogP contribution in [-0.4, -0.2) is 86.8 Å². The van der Waals surface area contributed by atoms with E-state index < -0.39 is 58.9 Å². The Bertz CT molecular complexity index is 2000. The number of carboxylic acid groups (broad SMARTS) is 1. The molecule has 13 nitrogen and oxygen atoms in total. The van der Waals surface area contributed by atoms with E-state index in [1.165, 1.54) is 11.0 Å². The van der Waals surface area contributed by atoms with Crippen molar-refractivity contribution < 1.29 is 38.5 Å². The molecule has 3 amide bonds. The van der Waals surface area contributed by atoms with E-state index in [2.05, 4.69) is 31.1 Å². The maximum Gasteiger partial charge on any atom is 0.408 e. The van der Waals surface area contributed by atoms with Crippen LogP contribution in [0.15, 0.2) is 36.2 Å². The van der Waals surface area contributed by atoms with Gasteiger partial charge in [-0.15, -0.1) is 17.9 Å². The number of aliphatic carboxylic acids is 1. The second-order valence-corrected chi connectivity index (χ2v) is 17.8. The molecule has 3 fully saturated rings. The quantitative estimate of drug-likeness (QED) is 0.184. The summed E-state index contributed by atoms with van der Waals surface area (Å²) in [5.74, 6) is -0.966. The van der Waals surface area contributed by atoms with E-state index in [0.29, 0.717) is 30.4 Å². The fraction of sp³-hybridized carbons (Fsp3) is 0.561. The Kier molecular flexibility index (Phi) is 10.6. The molecule has 3 N–H and O–H groups in total. The average molecular weight is 774 g/mol. The van der Waals surface area contributed by atoms with Crippen molar-refractivity contribution in [1.29, 1.82) is 0 Å². The van der Waals surface area contributed by atoms with Gasteiger partial charge in [0.05, 0.1) is 35.1 Å². The molecule has 14 heteroatoms. The van der Waals surface area contributed by atoms with Gasteiger partial charge in [0.15, 0.2) is 0 Å². The Morgan fingerprint density at radius 3 is 2.58 bits per heavy atom. The van der Waals surface area contributed by atoms with Crippen LogP contribution in [0.1, 0.15) is 83.7 Å². The molecule has 2 aromatic heterocycles. The van der Waals surface area contributed by atoms with Gasteiger partial charge < -0.3 is 34.9 Å². The third kappa shape index (κ3) is 7.87. The lowest BCUT2D eigenvalue weighted by atomic mass is 9.85. The van der Waals surface area contributed by atoms with Gasteiger partial charge in [-0.25, -0.2) is 19.6 Å². The van der Waals surface area contributed by atoms with E-state index in [1.54, 1.807) is 11.3 Å². The molecule has 294 valence electrons. The highest BCUT2D eigenvalue weighted by Crippen LogP contribution is 2.45. The summed E-state index contributed by atoms with van der Waals surface area (Å²) in [6.45, 7) is 14.1. The van der Waals surface area contributed by atoms with Crippen molar-refractivity contribution in [2.45, 2.75) is 116 Å². The topological polar surface area (TPSA) is 169 Å². The molecule has 1 saturated heterocycles. The number of pyridine rings is 1. The molecule has 2 saturated carbocycles. The number of alkyl carbamates (subject to hydrolysis) is 1. The van der Waals surface area contributed by atoms with Gasteiger partial charge in [0.25, 0.3) is 0 Å². The number of hydrogen-bond donors (Lipinski definition) is 3. The molecule has 4 aliphatic rings. The van der Waals surface area contributed by atoms with E-state index in [9.17, 15) is 24.3 Å². The maximum absolute atomic E-state index is 14.6. The van der Waals surface area contributed by atoms with E-state index in [0.717, 1.165) is 65.0 Å². The van der Waals surface area contributed by atoms with Crippen LogP contribution in [0.4, 0.5) is 4.79 Å². The van der Waals surface area contributed by atoms with Crippen LogP contribution < -0.4 is 20.1 Å².